The molecule has 6 aromatic rings. The molecule has 8 heteroatoms. The fraction of sp³-hybridized carbons (Fsp3) is 0.351. The van der Waals surface area contributed by atoms with Crippen molar-refractivity contribution in [2.75, 3.05) is 33.0 Å². The molecule has 7 nitrogen and oxygen atoms in total. The third-order valence-corrected chi connectivity index (χ3v) is 19.5. The topological polar surface area (TPSA) is 86.9 Å². The summed E-state index contributed by atoms with van der Waals surface area (Å²) in [5, 5.41) is 4.28. The summed E-state index contributed by atoms with van der Waals surface area (Å²) in [7, 11) is -0.346. The van der Waals surface area contributed by atoms with E-state index in [1.807, 2.05) is 11.9 Å². The van der Waals surface area contributed by atoms with Gasteiger partial charge in [-0.05, 0) is 98.2 Å². The number of rotatable bonds is 16. The molecule has 3 aromatic heterocycles. The Kier molecular flexibility index (Phi) is 14.3. The molecule has 65 heavy (non-hydrogen) atoms. The first-order chi connectivity index (χ1) is 31.5. The van der Waals surface area contributed by atoms with Gasteiger partial charge >= 0.3 is 199 Å². The molecule has 338 valence electrons. The van der Waals surface area contributed by atoms with Crippen molar-refractivity contribution < 1.29 is 9.53 Å². The Morgan fingerprint density at radius 3 is 1.89 bits per heavy atom. The van der Waals surface area contributed by atoms with E-state index in [1.165, 1.54) is 43.8 Å². The second kappa shape index (κ2) is 20.3. The minimum Gasteiger partial charge on any atom is -0.0612 e. The van der Waals surface area contributed by atoms with Crippen molar-refractivity contribution in [2.24, 2.45) is 0 Å². The molecule has 0 saturated carbocycles. The Morgan fingerprint density at radius 1 is 0.692 bits per heavy atom. The van der Waals surface area contributed by atoms with Crippen LogP contribution in [0.2, 0.25) is 0 Å². The molecule has 8 rings (SSSR count). The molecule has 1 amide bonds. The number of ether oxygens (including phenoxy) is 1. The van der Waals surface area contributed by atoms with Crippen LogP contribution in [-0.2, 0) is 16.0 Å². The predicted molar refractivity (Wildman–Crippen MR) is 277 cm³/mol. The molecular formula is C57H68N5O2P. The molecule has 2 atom stereocenters. The summed E-state index contributed by atoms with van der Waals surface area (Å²) in [4.78, 5) is 33.8. The average Bonchev–Trinajstić information content (AvgIpc) is 4.04. The van der Waals surface area contributed by atoms with E-state index in [2.05, 4.69) is 174 Å². The number of carbonyl (C=O) groups excluding carboxylic acids is 1. The molecule has 0 radical (unpaired) electrons. The monoisotopic (exact) mass is 886 g/mol. The maximum Gasteiger partial charge on any atom is 0.00686 e. The van der Waals surface area contributed by atoms with Gasteiger partial charge in [-0.1, -0.05) is 20.8 Å². The van der Waals surface area contributed by atoms with Crippen LogP contribution in [0, 0.1) is 20.8 Å². The van der Waals surface area contributed by atoms with Gasteiger partial charge in [0.05, 0.1) is 11.4 Å². The van der Waals surface area contributed by atoms with E-state index in [0.29, 0.717) is 26.2 Å². The fourth-order valence-electron chi connectivity index (χ4n) is 10.5. The zero-order chi connectivity index (χ0) is 45.7. The van der Waals surface area contributed by atoms with Crippen molar-refractivity contribution in [1.29, 1.82) is 0 Å². The zero-order valence-electron chi connectivity index (χ0n) is 39.9. The zero-order valence-corrected chi connectivity index (χ0v) is 40.9. The Morgan fingerprint density at radius 2 is 1.28 bits per heavy atom. The fourth-order valence-corrected chi connectivity index (χ4v) is 15.4. The predicted octanol–water partition coefficient (Wildman–Crippen LogP) is 11.8. The number of aryl methyl sites for hydroxylation is 4. The van der Waals surface area contributed by atoms with Crippen molar-refractivity contribution in [2.45, 2.75) is 98.8 Å². The van der Waals surface area contributed by atoms with Crippen LogP contribution in [-0.4, -0.2) is 63.7 Å². The first-order valence-corrected chi connectivity index (χ1v) is 26.1. The van der Waals surface area contributed by atoms with E-state index in [0.717, 1.165) is 88.7 Å². The first kappa shape index (κ1) is 45.9. The molecule has 2 N–H and O–H groups in total. The van der Waals surface area contributed by atoms with Crippen molar-refractivity contribution in [3.8, 4) is 0 Å². The largest absolute Gasteiger partial charge is 0.0612 e. The van der Waals surface area contributed by atoms with Gasteiger partial charge in [-0.15, -0.1) is 0 Å². The summed E-state index contributed by atoms with van der Waals surface area (Å²) in [6, 6.07) is 42.2. The third-order valence-electron chi connectivity index (χ3n) is 14.4. The number of carbonyl (C=O) groups is 1. The van der Waals surface area contributed by atoms with Gasteiger partial charge in [0, 0.05) is 39.4 Å². The molecule has 2 aliphatic heterocycles. The minimum absolute atomic E-state index is 0.104. The number of aromatic nitrogens is 4. The Bertz CT molecular complexity index is 2730. The quantitative estimate of drug-likeness (QED) is 0.0749. The summed E-state index contributed by atoms with van der Waals surface area (Å²) in [5.74, 6) is 0.413. The van der Waals surface area contributed by atoms with Gasteiger partial charge in [-0.3, -0.25) is 4.98 Å². The van der Waals surface area contributed by atoms with E-state index in [1.54, 1.807) is 0 Å². The summed E-state index contributed by atoms with van der Waals surface area (Å²) in [6.07, 6.45) is 5.85. The van der Waals surface area contributed by atoms with Crippen LogP contribution < -0.4 is 15.9 Å². The summed E-state index contributed by atoms with van der Waals surface area (Å²) in [5.41, 5.74) is 15.9. The van der Waals surface area contributed by atoms with Gasteiger partial charge in [0.15, 0.2) is 0 Å². The number of nitrogens with one attached hydrogen (secondary N) is 2. The molecule has 0 unspecified atom stereocenters. The van der Waals surface area contributed by atoms with E-state index < -0.39 is 7.26 Å². The molecule has 3 aromatic carbocycles. The third kappa shape index (κ3) is 9.42. The van der Waals surface area contributed by atoms with Crippen LogP contribution in [0.5, 0.6) is 0 Å². The summed E-state index contributed by atoms with van der Waals surface area (Å²) < 4.78 is 6.30. The number of hydrogen-bond donors (Lipinski definition) is 2. The van der Waals surface area contributed by atoms with Gasteiger partial charge in [-0.2, -0.15) is 0 Å². The molecule has 5 heterocycles. The molecule has 8 bridgehead atoms. The van der Waals surface area contributed by atoms with Gasteiger partial charge in [0.25, 0.3) is 0 Å². The molecule has 2 aliphatic rings. The Labute approximate surface area is 387 Å². The summed E-state index contributed by atoms with van der Waals surface area (Å²) >= 11 is 0. The van der Waals surface area contributed by atoms with Gasteiger partial charge < -0.3 is 9.97 Å². The SMILES string of the molecule is CCC1=C(C)c2cc3[nH]c(cc4nc(c(C)c5cc(C)c(cc1n2)[nH]5)[C@@H](CCC(=O)N(C)CCCOCCC[PH](c1ccccc1)(c1ccccc1)c1ccccc1)[C@@H]4C)c(C)c3CC. The van der Waals surface area contributed by atoms with E-state index in [4.69, 9.17) is 14.7 Å². The smallest absolute Gasteiger partial charge is 0.00686 e. The first-order valence-electron chi connectivity index (χ1n) is 23.9. The maximum absolute atomic E-state index is 13.8. The van der Waals surface area contributed by atoms with Crippen LogP contribution in [0.4, 0.5) is 0 Å². The second-order valence-corrected chi connectivity index (χ2v) is 22.4. The standard InChI is InChI=1S/C57H68N5O2P/c1-9-46-40(5)52-37-55-47(10-2)39(4)51(59-55)36-53-41(6)48(57(61-53)42(7)50-34-38(3)49(58-50)35-54(46)60-52)28-29-56(63)62(8)30-20-31-64-32-21-33-65(43-22-14-11-15-23-43,44-24-16-12-17-25-44)45-26-18-13-19-27-45/h11-19,22-27,34-37,41,48,58-59,65H,9-10,20-21,28-33H2,1-8H3/t41-,48-/m0/s1. The molecule has 0 fully saturated rings. The Balaban J connectivity index is 0.954. The number of hydrogen-bond acceptors (Lipinski definition) is 4. The van der Waals surface area contributed by atoms with E-state index in [9.17, 15) is 4.79 Å². The molecule has 0 spiro atoms. The average molecular weight is 886 g/mol. The summed E-state index contributed by atoms with van der Waals surface area (Å²) in [6.45, 7) is 17.5. The second-order valence-electron chi connectivity index (χ2n) is 18.3. The van der Waals surface area contributed by atoms with Crippen LogP contribution in [0.15, 0.2) is 115 Å². The van der Waals surface area contributed by atoms with Crippen molar-refractivity contribution in [3.05, 3.63) is 160 Å². The number of H-pyrrole nitrogens is 2. The van der Waals surface area contributed by atoms with Gasteiger partial charge in [-0.25, -0.2) is 4.98 Å². The van der Waals surface area contributed by atoms with E-state index >= 15 is 0 Å². The van der Waals surface area contributed by atoms with Crippen molar-refractivity contribution in [3.63, 3.8) is 0 Å². The minimum atomic E-state index is -2.28. The number of benzene rings is 3. The number of fused-ring (bicyclic) bond motifs is 8. The van der Waals surface area contributed by atoms with Crippen molar-refractivity contribution in [1.82, 2.24) is 24.8 Å². The van der Waals surface area contributed by atoms with Crippen LogP contribution in [0.3, 0.4) is 0 Å². The number of amides is 1. The number of nitrogens with zero attached hydrogens (tertiary/aromatic N) is 3. The number of allylic oxidation sites excluding steroid dienone is 2. The van der Waals surface area contributed by atoms with Crippen LogP contribution in [0.25, 0.3) is 33.2 Å². The van der Waals surface area contributed by atoms with Gasteiger partial charge in [0.2, 0.25) is 0 Å². The number of aromatic amines is 2. The molecule has 0 saturated heterocycles. The van der Waals surface area contributed by atoms with Crippen LogP contribution in [0.1, 0.15) is 117 Å². The normalized spacial score (nSPS) is 15.4. The van der Waals surface area contributed by atoms with E-state index in [-0.39, 0.29) is 17.7 Å². The van der Waals surface area contributed by atoms with Gasteiger partial charge in [0.1, 0.15) is 0 Å². The maximum atomic E-state index is 13.8. The molecule has 0 aliphatic carbocycles. The molecular weight excluding hydrogens is 818 g/mol. The van der Waals surface area contributed by atoms with Crippen molar-refractivity contribution >= 4 is 62.3 Å². The Hall–Kier alpha value is -5.62. The van der Waals surface area contributed by atoms with Crippen LogP contribution >= 0.6 is 7.26 Å².